The summed E-state index contributed by atoms with van der Waals surface area (Å²) in [5.41, 5.74) is 6.42. The van der Waals surface area contributed by atoms with Gasteiger partial charge in [-0.2, -0.15) is 5.10 Å². The maximum atomic E-state index is 5.61. The Morgan fingerprint density at radius 3 is 2.93 bits per heavy atom. The quantitative estimate of drug-likeness (QED) is 0.741. The van der Waals surface area contributed by atoms with Crippen molar-refractivity contribution in [3.63, 3.8) is 0 Å². The fourth-order valence-corrected chi connectivity index (χ4v) is 1.57. The van der Waals surface area contributed by atoms with E-state index in [0.717, 1.165) is 11.4 Å². The van der Waals surface area contributed by atoms with Crippen LogP contribution in [0.1, 0.15) is 18.4 Å². The minimum absolute atomic E-state index is 0.377. The largest absolute Gasteiger partial charge is 0.389 e. The molecule has 1 aliphatic rings. The first-order valence-electron chi connectivity index (χ1n) is 4.54. The molecule has 1 saturated carbocycles. The molecule has 0 aliphatic heterocycles. The van der Waals surface area contributed by atoms with E-state index >= 15 is 0 Å². The molecule has 0 radical (unpaired) electrons. The highest BCUT2D eigenvalue weighted by atomic mass is 32.1. The van der Waals surface area contributed by atoms with Crippen LogP contribution in [0.25, 0.3) is 0 Å². The maximum Gasteiger partial charge on any atom is 0.161 e. The molecule has 1 heterocycles. The summed E-state index contributed by atoms with van der Waals surface area (Å²) >= 11 is 4.96. The van der Waals surface area contributed by atoms with Crippen molar-refractivity contribution < 1.29 is 0 Å². The topological polar surface area (TPSA) is 55.0 Å². The Morgan fingerprint density at radius 1 is 1.64 bits per heavy atom. The third kappa shape index (κ3) is 1.68. The smallest absolute Gasteiger partial charge is 0.161 e. The Kier molecular flexibility index (Phi) is 2.33. The van der Waals surface area contributed by atoms with E-state index in [-0.39, 0.29) is 0 Å². The molecular formula is C9H12N4S. The summed E-state index contributed by atoms with van der Waals surface area (Å²) in [6.45, 7) is 0. The van der Waals surface area contributed by atoms with Gasteiger partial charge in [0.25, 0.3) is 0 Å². The minimum Gasteiger partial charge on any atom is -0.389 e. The Bertz CT molecular complexity index is 362. The first-order valence-corrected chi connectivity index (χ1v) is 4.95. The Labute approximate surface area is 88.1 Å². The van der Waals surface area contributed by atoms with Crippen molar-refractivity contribution in [2.45, 2.75) is 18.9 Å². The van der Waals surface area contributed by atoms with Crippen molar-refractivity contribution in [1.82, 2.24) is 10.2 Å². The molecule has 0 spiro atoms. The fraction of sp³-hybridized carbons (Fsp3) is 0.444. The summed E-state index contributed by atoms with van der Waals surface area (Å²) in [4.78, 5) is 2.48. The van der Waals surface area contributed by atoms with Gasteiger partial charge in [-0.25, -0.2) is 0 Å². The van der Waals surface area contributed by atoms with Crippen LogP contribution in [-0.4, -0.2) is 28.3 Å². The molecule has 2 rings (SSSR count). The Morgan fingerprint density at radius 2 is 2.36 bits per heavy atom. The summed E-state index contributed by atoms with van der Waals surface area (Å²) in [5, 5.41) is 7.92. The number of nitrogens with two attached hydrogens (primary N) is 1. The van der Waals surface area contributed by atoms with Crippen LogP contribution in [-0.2, 0) is 0 Å². The third-order valence-electron chi connectivity index (χ3n) is 2.40. The molecule has 0 unspecified atom stereocenters. The van der Waals surface area contributed by atoms with E-state index in [9.17, 15) is 0 Å². The SMILES string of the molecule is CN(c1nnccc1C(N)=S)C1CC1. The fourth-order valence-electron chi connectivity index (χ4n) is 1.41. The van der Waals surface area contributed by atoms with Crippen LogP contribution in [0, 0.1) is 0 Å². The second kappa shape index (κ2) is 3.49. The number of nitrogens with zero attached hydrogens (tertiary/aromatic N) is 3. The zero-order valence-electron chi connectivity index (χ0n) is 7.97. The number of anilines is 1. The molecule has 0 bridgehead atoms. The highest BCUT2D eigenvalue weighted by Crippen LogP contribution is 2.30. The lowest BCUT2D eigenvalue weighted by atomic mass is 10.2. The molecule has 74 valence electrons. The van der Waals surface area contributed by atoms with Crippen LogP contribution in [0.5, 0.6) is 0 Å². The van der Waals surface area contributed by atoms with Gasteiger partial charge in [-0.15, -0.1) is 5.10 Å². The van der Waals surface area contributed by atoms with Crippen molar-refractivity contribution in [3.05, 3.63) is 17.8 Å². The first-order chi connectivity index (χ1) is 6.70. The highest BCUT2D eigenvalue weighted by molar-refractivity contribution is 7.80. The van der Waals surface area contributed by atoms with Crippen molar-refractivity contribution in [3.8, 4) is 0 Å². The average molecular weight is 208 g/mol. The van der Waals surface area contributed by atoms with E-state index < -0.39 is 0 Å². The van der Waals surface area contributed by atoms with Crippen molar-refractivity contribution in [2.75, 3.05) is 11.9 Å². The lowest BCUT2D eigenvalue weighted by molar-refractivity contribution is 0.859. The number of hydrogen-bond donors (Lipinski definition) is 1. The van der Waals surface area contributed by atoms with Crippen LogP contribution in [0.2, 0.25) is 0 Å². The number of hydrogen-bond acceptors (Lipinski definition) is 4. The molecule has 1 aromatic rings. The summed E-state index contributed by atoms with van der Waals surface area (Å²) in [6.07, 6.45) is 4.03. The summed E-state index contributed by atoms with van der Waals surface area (Å²) in [6, 6.07) is 2.39. The van der Waals surface area contributed by atoms with Crippen molar-refractivity contribution >= 4 is 23.0 Å². The van der Waals surface area contributed by atoms with Crippen LogP contribution >= 0.6 is 12.2 Å². The third-order valence-corrected chi connectivity index (χ3v) is 2.62. The van der Waals surface area contributed by atoms with Gasteiger partial charge in [-0.3, -0.25) is 0 Å². The zero-order valence-corrected chi connectivity index (χ0v) is 8.79. The Hall–Kier alpha value is -1.23. The lowest BCUT2D eigenvalue weighted by Crippen LogP contribution is -2.25. The molecule has 0 saturated heterocycles. The monoisotopic (exact) mass is 208 g/mol. The first kappa shape index (κ1) is 9.33. The van der Waals surface area contributed by atoms with Gasteiger partial charge in [-0.05, 0) is 18.9 Å². The second-order valence-corrected chi connectivity index (χ2v) is 3.91. The van der Waals surface area contributed by atoms with Gasteiger partial charge in [0.05, 0.1) is 11.8 Å². The normalized spacial score (nSPS) is 15.2. The molecule has 0 atom stereocenters. The predicted molar refractivity (Wildman–Crippen MR) is 59.3 cm³/mol. The van der Waals surface area contributed by atoms with Gasteiger partial charge in [0, 0.05) is 13.1 Å². The van der Waals surface area contributed by atoms with Gasteiger partial charge in [-0.1, -0.05) is 12.2 Å². The molecule has 1 aliphatic carbocycles. The van der Waals surface area contributed by atoms with Crippen molar-refractivity contribution in [2.24, 2.45) is 5.73 Å². The Balaban J connectivity index is 2.34. The molecule has 1 fully saturated rings. The lowest BCUT2D eigenvalue weighted by Gasteiger charge is -2.18. The van der Waals surface area contributed by atoms with Crippen LogP contribution in [0.15, 0.2) is 12.3 Å². The number of rotatable bonds is 3. The van der Waals surface area contributed by atoms with E-state index in [2.05, 4.69) is 15.1 Å². The summed E-state index contributed by atoms with van der Waals surface area (Å²) in [5.74, 6) is 0.794. The summed E-state index contributed by atoms with van der Waals surface area (Å²) < 4.78 is 0. The highest BCUT2D eigenvalue weighted by Gasteiger charge is 2.28. The van der Waals surface area contributed by atoms with Crippen LogP contribution in [0.3, 0.4) is 0 Å². The number of aromatic nitrogens is 2. The molecule has 2 N–H and O–H groups in total. The predicted octanol–water partition coefficient (Wildman–Crippen LogP) is 0.709. The van der Waals surface area contributed by atoms with E-state index in [1.165, 1.54) is 12.8 Å². The van der Waals surface area contributed by atoms with Crippen LogP contribution in [0.4, 0.5) is 5.82 Å². The van der Waals surface area contributed by atoms with E-state index in [1.807, 2.05) is 13.1 Å². The van der Waals surface area contributed by atoms with Gasteiger partial charge in [0.1, 0.15) is 4.99 Å². The molecule has 5 heteroatoms. The summed E-state index contributed by atoms with van der Waals surface area (Å²) in [7, 11) is 2.00. The molecule has 0 aromatic carbocycles. The van der Waals surface area contributed by atoms with Gasteiger partial charge in [0.2, 0.25) is 0 Å². The maximum absolute atomic E-state index is 5.61. The molecule has 14 heavy (non-hydrogen) atoms. The van der Waals surface area contributed by atoms with Gasteiger partial charge < -0.3 is 10.6 Å². The van der Waals surface area contributed by atoms with Crippen molar-refractivity contribution in [1.29, 1.82) is 0 Å². The molecule has 4 nitrogen and oxygen atoms in total. The van der Waals surface area contributed by atoms with E-state index in [0.29, 0.717) is 11.0 Å². The average Bonchev–Trinajstić information content (AvgIpc) is 3.00. The molecular weight excluding hydrogens is 196 g/mol. The van der Waals surface area contributed by atoms with Crippen LogP contribution < -0.4 is 10.6 Å². The van der Waals surface area contributed by atoms with E-state index in [1.54, 1.807) is 6.20 Å². The van der Waals surface area contributed by atoms with Gasteiger partial charge >= 0.3 is 0 Å². The molecule has 1 aromatic heterocycles. The van der Waals surface area contributed by atoms with E-state index in [4.69, 9.17) is 18.0 Å². The van der Waals surface area contributed by atoms with Gasteiger partial charge in [0.15, 0.2) is 5.82 Å². The zero-order chi connectivity index (χ0) is 10.1. The standard InChI is InChI=1S/C9H12N4S/c1-13(6-2-3-6)9-7(8(10)14)4-5-11-12-9/h4-6H,2-3H2,1H3,(H2,10,14). The minimum atomic E-state index is 0.377. The molecule has 0 amide bonds. The second-order valence-electron chi connectivity index (χ2n) is 3.47. The number of thiocarbonyl (C=S) groups is 1.